The highest BCUT2D eigenvalue weighted by atomic mass is 15.8. The molecule has 0 fully saturated rings. The lowest BCUT2D eigenvalue weighted by Crippen LogP contribution is -2.98. The van der Waals surface area contributed by atoms with Crippen molar-refractivity contribution in [2.24, 2.45) is 5.10 Å². The molecule has 4 nitrogen and oxygen atoms in total. The second-order valence-electron chi connectivity index (χ2n) is 3.05. The summed E-state index contributed by atoms with van der Waals surface area (Å²) < 4.78 is 0. The van der Waals surface area contributed by atoms with Crippen LogP contribution in [0.1, 0.15) is 11.1 Å². The first-order valence-corrected chi connectivity index (χ1v) is 4.22. The SMILES string of the molecule is Cc1ccccc1C1=N[NH+](C)[N-]N1. The monoisotopic (exact) mass is 176 g/mol. The molecule has 0 spiro atoms. The van der Waals surface area contributed by atoms with Gasteiger partial charge in [0.15, 0.2) is 5.84 Å². The molecule has 1 aliphatic rings. The van der Waals surface area contributed by atoms with Crippen LogP contribution < -0.4 is 10.5 Å². The first-order valence-electron chi connectivity index (χ1n) is 4.22. The number of benzene rings is 1. The fourth-order valence-electron chi connectivity index (χ4n) is 1.30. The molecule has 0 aromatic heterocycles. The van der Waals surface area contributed by atoms with Gasteiger partial charge in [-0.1, -0.05) is 29.4 Å². The second kappa shape index (κ2) is 3.16. The summed E-state index contributed by atoms with van der Waals surface area (Å²) in [6, 6.07) is 8.12. The predicted octanol–water partition coefficient (Wildman–Crippen LogP) is -0.0218. The first-order chi connectivity index (χ1) is 6.27. The van der Waals surface area contributed by atoms with Crippen molar-refractivity contribution in [2.75, 3.05) is 7.05 Å². The molecule has 1 heterocycles. The maximum Gasteiger partial charge on any atom is 0.175 e. The van der Waals surface area contributed by atoms with Crippen LogP contribution in [-0.4, -0.2) is 12.9 Å². The van der Waals surface area contributed by atoms with E-state index in [1.54, 1.807) is 0 Å². The number of quaternary nitrogens is 1. The van der Waals surface area contributed by atoms with Crippen molar-refractivity contribution in [1.29, 1.82) is 0 Å². The predicted molar refractivity (Wildman–Crippen MR) is 51.1 cm³/mol. The molecule has 0 aliphatic carbocycles. The summed E-state index contributed by atoms with van der Waals surface area (Å²) in [5.74, 6) is 0.843. The second-order valence-corrected chi connectivity index (χ2v) is 3.05. The maximum atomic E-state index is 4.28. The molecule has 0 saturated carbocycles. The van der Waals surface area contributed by atoms with Gasteiger partial charge in [0.05, 0.1) is 7.05 Å². The van der Waals surface area contributed by atoms with E-state index in [0.717, 1.165) is 16.5 Å². The van der Waals surface area contributed by atoms with Gasteiger partial charge in [-0.15, -0.1) is 0 Å². The van der Waals surface area contributed by atoms with Crippen molar-refractivity contribution in [3.63, 3.8) is 0 Å². The lowest BCUT2D eigenvalue weighted by molar-refractivity contribution is -0.845. The van der Waals surface area contributed by atoms with E-state index in [2.05, 4.69) is 29.1 Å². The Balaban J connectivity index is 2.36. The Morgan fingerprint density at radius 1 is 1.38 bits per heavy atom. The molecule has 13 heavy (non-hydrogen) atoms. The van der Waals surface area contributed by atoms with Gasteiger partial charge >= 0.3 is 0 Å². The van der Waals surface area contributed by atoms with Crippen LogP contribution in [0.4, 0.5) is 0 Å². The van der Waals surface area contributed by atoms with Crippen LogP contribution in [0.3, 0.4) is 0 Å². The van der Waals surface area contributed by atoms with Crippen LogP contribution >= 0.6 is 0 Å². The third-order valence-electron chi connectivity index (χ3n) is 2.00. The van der Waals surface area contributed by atoms with E-state index >= 15 is 0 Å². The Morgan fingerprint density at radius 3 is 2.77 bits per heavy atom. The van der Waals surface area contributed by atoms with Gasteiger partial charge in [-0.05, 0) is 12.5 Å². The Hall–Kier alpha value is -1.39. The van der Waals surface area contributed by atoms with Crippen molar-refractivity contribution < 1.29 is 5.12 Å². The van der Waals surface area contributed by atoms with E-state index in [-0.39, 0.29) is 0 Å². The summed E-state index contributed by atoms with van der Waals surface area (Å²) in [7, 11) is 1.87. The normalized spacial score (nSPS) is 21.1. The largest absolute Gasteiger partial charge is 0.417 e. The lowest BCUT2D eigenvalue weighted by atomic mass is 10.1. The van der Waals surface area contributed by atoms with Gasteiger partial charge in [0.2, 0.25) is 0 Å². The summed E-state index contributed by atoms with van der Waals surface area (Å²) in [6.07, 6.45) is 0. The minimum absolute atomic E-state index is 0.776. The van der Waals surface area contributed by atoms with E-state index in [1.807, 2.05) is 25.2 Å². The van der Waals surface area contributed by atoms with Crippen LogP contribution in [0, 0.1) is 6.92 Å². The van der Waals surface area contributed by atoms with Gasteiger partial charge in [-0.2, -0.15) is 0 Å². The van der Waals surface area contributed by atoms with Crippen LogP contribution in [0.2, 0.25) is 0 Å². The van der Waals surface area contributed by atoms with E-state index in [1.165, 1.54) is 5.56 Å². The molecule has 1 aromatic rings. The van der Waals surface area contributed by atoms with Gasteiger partial charge in [0, 0.05) is 5.56 Å². The zero-order valence-electron chi connectivity index (χ0n) is 7.70. The van der Waals surface area contributed by atoms with Crippen LogP contribution in [0.5, 0.6) is 0 Å². The summed E-state index contributed by atoms with van der Waals surface area (Å²) in [5.41, 5.74) is 9.22. The quantitative estimate of drug-likeness (QED) is 0.620. The average Bonchev–Trinajstić information content (AvgIpc) is 2.53. The molecule has 1 aliphatic heterocycles. The summed E-state index contributed by atoms with van der Waals surface area (Å²) in [4.78, 5) is 0. The van der Waals surface area contributed by atoms with Gasteiger partial charge in [0.25, 0.3) is 0 Å². The van der Waals surface area contributed by atoms with Crippen LogP contribution in [-0.2, 0) is 0 Å². The number of amidine groups is 1. The van der Waals surface area contributed by atoms with Crippen molar-refractivity contribution in [3.8, 4) is 0 Å². The fraction of sp³-hybridized carbons (Fsp3) is 0.222. The third-order valence-corrected chi connectivity index (χ3v) is 2.00. The van der Waals surface area contributed by atoms with E-state index in [0.29, 0.717) is 0 Å². The van der Waals surface area contributed by atoms with Gasteiger partial charge in [-0.25, -0.2) is 0 Å². The van der Waals surface area contributed by atoms with Gasteiger partial charge in [-0.3, -0.25) is 5.12 Å². The molecule has 0 amide bonds. The minimum atomic E-state index is 0.776. The minimum Gasteiger partial charge on any atom is -0.417 e. The Labute approximate surface area is 77.2 Å². The molecule has 1 atom stereocenters. The maximum absolute atomic E-state index is 4.28. The molecule has 2 N–H and O–H groups in total. The zero-order chi connectivity index (χ0) is 9.26. The Bertz CT molecular complexity index is 345. The van der Waals surface area contributed by atoms with Crippen molar-refractivity contribution in [2.45, 2.75) is 6.92 Å². The van der Waals surface area contributed by atoms with Crippen LogP contribution in [0.25, 0.3) is 5.53 Å². The molecule has 0 radical (unpaired) electrons. The average molecular weight is 176 g/mol. The molecule has 2 rings (SSSR count). The first kappa shape index (κ1) is 8.22. The molecular weight excluding hydrogens is 164 g/mol. The Kier molecular flexibility index (Phi) is 2.00. The molecule has 0 bridgehead atoms. The molecule has 4 heteroatoms. The Morgan fingerprint density at radius 2 is 2.15 bits per heavy atom. The summed E-state index contributed by atoms with van der Waals surface area (Å²) in [5, 5.41) is 5.05. The summed E-state index contributed by atoms with van der Waals surface area (Å²) in [6.45, 7) is 2.06. The molecule has 68 valence electrons. The van der Waals surface area contributed by atoms with Crippen molar-refractivity contribution in [3.05, 3.63) is 40.9 Å². The fourth-order valence-corrected chi connectivity index (χ4v) is 1.30. The van der Waals surface area contributed by atoms with Crippen molar-refractivity contribution in [1.82, 2.24) is 5.43 Å². The number of nitrogens with one attached hydrogen (secondary N) is 2. The number of aryl methyl sites for hydroxylation is 1. The summed E-state index contributed by atoms with van der Waals surface area (Å²) >= 11 is 0. The van der Waals surface area contributed by atoms with E-state index in [9.17, 15) is 0 Å². The lowest BCUT2D eigenvalue weighted by Gasteiger charge is -2.12. The number of hydrogen-bond donors (Lipinski definition) is 2. The highest BCUT2D eigenvalue weighted by Crippen LogP contribution is 2.07. The standard InChI is InChI=1S/C9H12N4/c1-7-5-3-4-6-8(7)9-10-12-13(2)11-9/h3-6,13H,1-2H3,(H,10,11). The third kappa shape index (κ3) is 1.54. The van der Waals surface area contributed by atoms with Gasteiger partial charge < -0.3 is 11.0 Å². The van der Waals surface area contributed by atoms with Gasteiger partial charge in [0.1, 0.15) is 0 Å². The number of rotatable bonds is 1. The zero-order valence-corrected chi connectivity index (χ0v) is 7.70. The number of hydrogen-bond acceptors (Lipinski definition) is 2. The molecule has 0 saturated heterocycles. The number of nitrogens with zero attached hydrogens (tertiary/aromatic N) is 2. The molecule has 1 aromatic carbocycles. The smallest absolute Gasteiger partial charge is 0.175 e. The van der Waals surface area contributed by atoms with Crippen LogP contribution in [0.15, 0.2) is 29.4 Å². The van der Waals surface area contributed by atoms with E-state index in [4.69, 9.17) is 0 Å². The molecular formula is C9H12N4. The van der Waals surface area contributed by atoms with Crippen molar-refractivity contribution >= 4 is 5.84 Å². The molecule has 1 unspecified atom stereocenters. The topological polar surface area (TPSA) is 42.9 Å². The highest BCUT2D eigenvalue weighted by molar-refractivity contribution is 6.00. The highest BCUT2D eigenvalue weighted by Gasteiger charge is 2.09. The van der Waals surface area contributed by atoms with E-state index < -0.39 is 0 Å².